The molecule has 4 heteroatoms. The zero-order valence-electron chi connectivity index (χ0n) is 13.1. The molecule has 0 heterocycles. The van der Waals surface area contributed by atoms with Crippen molar-refractivity contribution in [2.45, 2.75) is 39.8 Å². The third-order valence-electron chi connectivity index (χ3n) is 3.76. The minimum Gasteiger partial charge on any atom is -0.496 e. The number of hydrogen-bond acceptors (Lipinski definition) is 3. The summed E-state index contributed by atoms with van der Waals surface area (Å²) in [5.41, 5.74) is 8.15. The van der Waals surface area contributed by atoms with Crippen molar-refractivity contribution < 1.29 is 9.53 Å². The van der Waals surface area contributed by atoms with Gasteiger partial charge in [0, 0.05) is 19.2 Å². The second kappa shape index (κ2) is 7.29. The predicted octanol–water partition coefficient (Wildman–Crippen LogP) is 2.34. The second-order valence-electron chi connectivity index (χ2n) is 5.42. The van der Waals surface area contributed by atoms with Crippen LogP contribution in [0.4, 0.5) is 0 Å². The van der Waals surface area contributed by atoms with Gasteiger partial charge < -0.3 is 15.4 Å². The highest BCUT2D eigenvalue weighted by molar-refractivity contribution is 5.81. The van der Waals surface area contributed by atoms with E-state index >= 15 is 0 Å². The molecule has 0 bridgehead atoms. The molecular formula is C16H26N2O2. The van der Waals surface area contributed by atoms with Gasteiger partial charge in [0.2, 0.25) is 5.91 Å². The van der Waals surface area contributed by atoms with Crippen LogP contribution < -0.4 is 10.5 Å². The zero-order valence-corrected chi connectivity index (χ0v) is 13.1. The zero-order chi connectivity index (χ0) is 15.3. The highest BCUT2D eigenvalue weighted by atomic mass is 16.5. The Labute approximate surface area is 121 Å². The van der Waals surface area contributed by atoms with Gasteiger partial charge in [0.25, 0.3) is 0 Å². The fraction of sp³-hybridized carbons (Fsp3) is 0.562. The lowest BCUT2D eigenvalue weighted by Gasteiger charge is -2.25. The van der Waals surface area contributed by atoms with E-state index in [0.717, 1.165) is 23.3 Å². The van der Waals surface area contributed by atoms with Crippen LogP contribution in [0.3, 0.4) is 0 Å². The molecule has 2 atom stereocenters. The molecule has 0 radical (unpaired) electrons. The monoisotopic (exact) mass is 278 g/mol. The topological polar surface area (TPSA) is 55.6 Å². The van der Waals surface area contributed by atoms with Crippen molar-refractivity contribution in [3.05, 3.63) is 29.3 Å². The largest absolute Gasteiger partial charge is 0.496 e. The summed E-state index contributed by atoms with van der Waals surface area (Å²) in [7, 11) is 3.42. The molecule has 112 valence electrons. The highest BCUT2D eigenvalue weighted by Gasteiger charge is 2.23. The maximum absolute atomic E-state index is 12.3. The Bertz CT molecular complexity index is 460. The van der Waals surface area contributed by atoms with Gasteiger partial charge in [-0.15, -0.1) is 0 Å². The molecule has 0 fully saturated rings. The third kappa shape index (κ3) is 3.97. The van der Waals surface area contributed by atoms with Crippen LogP contribution in [0.25, 0.3) is 0 Å². The van der Waals surface area contributed by atoms with E-state index in [1.165, 1.54) is 0 Å². The van der Waals surface area contributed by atoms with Crippen LogP contribution in [0.5, 0.6) is 5.75 Å². The van der Waals surface area contributed by atoms with Crippen LogP contribution in [-0.4, -0.2) is 31.0 Å². The Morgan fingerprint density at radius 1 is 1.45 bits per heavy atom. The van der Waals surface area contributed by atoms with Gasteiger partial charge >= 0.3 is 0 Å². The van der Waals surface area contributed by atoms with E-state index < -0.39 is 6.04 Å². The first-order valence-electron chi connectivity index (χ1n) is 7.04. The van der Waals surface area contributed by atoms with Gasteiger partial charge in [-0.3, -0.25) is 4.79 Å². The highest BCUT2D eigenvalue weighted by Crippen LogP contribution is 2.21. The molecule has 0 aromatic heterocycles. The third-order valence-corrected chi connectivity index (χ3v) is 3.76. The number of benzene rings is 1. The molecule has 20 heavy (non-hydrogen) atoms. The molecule has 1 aromatic carbocycles. The molecule has 0 aliphatic heterocycles. The molecule has 0 spiro atoms. The summed E-state index contributed by atoms with van der Waals surface area (Å²) in [5.74, 6) is 0.958. The van der Waals surface area contributed by atoms with Crippen molar-refractivity contribution in [1.82, 2.24) is 4.90 Å². The number of aryl methyl sites for hydroxylation is 1. The summed E-state index contributed by atoms with van der Waals surface area (Å²) in [6, 6.07) is 5.52. The van der Waals surface area contributed by atoms with E-state index in [9.17, 15) is 4.79 Å². The molecular weight excluding hydrogens is 252 g/mol. The Morgan fingerprint density at radius 2 is 2.10 bits per heavy atom. The normalized spacial score (nSPS) is 13.7. The van der Waals surface area contributed by atoms with Crippen molar-refractivity contribution in [2.24, 2.45) is 11.7 Å². The smallest absolute Gasteiger partial charge is 0.239 e. The number of hydrogen-bond donors (Lipinski definition) is 1. The molecule has 1 aromatic rings. The first kappa shape index (κ1) is 16.5. The fourth-order valence-corrected chi connectivity index (χ4v) is 2.12. The summed E-state index contributed by atoms with van der Waals surface area (Å²) >= 11 is 0. The summed E-state index contributed by atoms with van der Waals surface area (Å²) in [4.78, 5) is 14.0. The van der Waals surface area contributed by atoms with Gasteiger partial charge in [-0.2, -0.15) is 0 Å². The van der Waals surface area contributed by atoms with Crippen LogP contribution >= 0.6 is 0 Å². The molecule has 2 N–H and O–H groups in total. The summed E-state index contributed by atoms with van der Waals surface area (Å²) < 4.78 is 5.34. The van der Waals surface area contributed by atoms with Crippen LogP contribution in [0.2, 0.25) is 0 Å². The average molecular weight is 278 g/mol. The number of methoxy groups -OCH3 is 1. The number of rotatable bonds is 6. The number of amides is 1. The minimum absolute atomic E-state index is 0.0251. The lowest BCUT2D eigenvalue weighted by molar-refractivity contribution is -0.132. The Balaban J connectivity index is 2.82. The van der Waals surface area contributed by atoms with Crippen LogP contribution in [0.1, 0.15) is 31.4 Å². The first-order valence-corrected chi connectivity index (χ1v) is 7.04. The maximum Gasteiger partial charge on any atom is 0.239 e. The number of carbonyl (C=O) groups is 1. The van der Waals surface area contributed by atoms with E-state index in [-0.39, 0.29) is 11.8 Å². The number of carbonyl (C=O) groups excluding carboxylic acids is 1. The molecule has 0 aliphatic carbocycles. The van der Waals surface area contributed by atoms with Gasteiger partial charge in [-0.1, -0.05) is 38.0 Å². The summed E-state index contributed by atoms with van der Waals surface area (Å²) in [6.45, 7) is 6.58. The standard InChI is InChI=1S/C16H26N2O2/c1-6-12(3)15(17)16(19)18(4)10-13-9-11(2)7-8-14(13)20-5/h7-9,12,15H,6,10,17H2,1-5H3/t12-,15-/m0/s1. The molecule has 0 saturated heterocycles. The van der Waals surface area contributed by atoms with Crippen molar-refractivity contribution >= 4 is 5.91 Å². The predicted molar refractivity (Wildman–Crippen MR) is 81.6 cm³/mol. The molecule has 1 amide bonds. The van der Waals surface area contributed by atoms with Gasteiger partial charge in [-0.25, -0.2) is 0 Å². The van der Waals surface area contributed by atoms with E-state index in [0.29, 0.717) is 6.54 Å². The average Bonchev–Trinajstić information content (AvgIpc) is 2.45. The number of likely N-dealkylation sites (N-methyl/N-ethyl adjacent to an activating group) is 1. The number of nitrogens with zero attached hydrogens (tertiary/aromatic N) is 1. The van der Waals surface area contributed by atoms with Crippen LogP contribution in [-0.2, 0) is 11.3 Å². The maximum atomic E-state index is 12.3. The fourth-order valence-electron chi connectivity index (χ4n) is 2.12. The summed E-state index contributed by atoms with van der Waals surface area (Å²) in [6.07, 6.45) is 0.897. The van der Waals surface area contributed by atoms with Gasteiger partial charge in [0.1, 0.15) is 5.75 Å². The van der Waals surface area contributed by atoms with Crippen LogP contribution in [0.15, 0.2) is 18.2 Å². The quantitative estimate of drug-likeness (QED) is 0.869. The minimum atomic E-state index is -0.444. The number of ether oxygens (including phenoxy) is 1. The van der Waals surface area contributed by atoms with Gasteiger partial charge in [-0.05, 0) is 18.9 Å². The van der Waals surface area contributed by atoms with Gasteiger partial charge in [0.15, 0.2) is 0 Å². The molecule has 4 nitrogen and oxygen atoms in total. The summed E-state index contributed by atoms with van der Waals surface area (Å²) in [5, 5.41) is 0. The lowest BCUT2D eigenvalue weighted by Crippen LogP contribution is -2.45. The lowest BCUT2D eigenvalue weighted by atomic mass is 9.99. The van der Waals surface area contributed by atoms with E-state index in [4.69, 9.17) is 10.5 Å². The second-order valence-corrected chi connectivity index (χ2v) is 5.42. The molecule has 0 aliphatic rings. The Kier molecular flexibility index (Phi) is 6.02. The Morgan fingerprint density at radius 3 is 2.65 bits per heavy atom. The number of nitrogens with two attached hydrogens (primary N) is 1. The Hall–Kier alpha value is -1.55. The van der Waals surface area contributed by atoms with E-state index in [1.807, 2.05) is 39.0 Å². The van der Waals surface area contributed by atoms with Gasteiger partial charge in [0.05, 0.1) is 13.2 Å². The van der Waals surface area contributed by atoms with E-state index in [2.05, 4.69) is 0 Å². The van der Waals surface area contributed by atoms with Crippen molar-refractivity contribution in [3.63, 3.8) is 0 Å². The van der Waals surface area contributed by atoms with Crippen molar-refractivity contribution in [2.75, 3.05) is 14.2 Å². The molecule has 0 saturated carbocycles. The van der Waals surface area contributed by atoms with Crippen molar-refractivity contribution in [3.8, 4) is 5.75 Å². The van der Waals surface area contributed by atoms with Crippen LogP contribution in [0, 0.1) is 12.8 Å². The molecule has 0 unspecified atom stereocenters. The van der Waals surface area contributed by atoms with Crippen molar-refractivity contribution in [1.29, 1.82) is 0 Å². The molecule has 1 rings (SSSR count). The van der Waals surface area contributed by atoms with E-state index in [1.54, 1.807) is 19.1 Å². The SMILES string of the molecule is CC[C@H](C)[C@H](N)C(=O)N(C)Cc1cc(C)ccc1OC. The first-order chi connectivity index (χ1) is 9.40.